The number of ether oxygens (including phenoxy) is 2. The summed E-state index contributed by atoms with van der Waals surface area (Å²) in [7, 11) is -1.81. The molecule has 0 radical (unpaired) electrons. The number of halogens is 1. The summed E-state index contributed by atoms with van der Waals surface area (Å²) in [5.41, 5.74) is 3.60. The number of anilines is 1. The molecule has 2 bridgehead atoms. The Morgan fingerprint density at radius 1 is 1.24 bits per heavy atom. The highest BCUT2D eigenvalue weighted by molar-refractivity contribution is 8.00. The molecule has 2 aliphatic carbocycles. The van der Waals surface area contributed by atoms with Crippen molar-refractivity contribution in [3.05, 3.63) is 70.3 Å². The summed E-state index contributed by atoms with van der Waals surface area (Å²) >= 11 is 6.43. The molecule has 2 aliphatic heterocycles. The number of aryl methyl sites for hydroxylation is 1. The standard InChI is InChI=1S/C35H46ClN3O5S/c1-4-33(40)37-45(42)20-23(2)7-5-9-31(43-3)28-13-10-26(28)19-39-21-35(16-6-8-24-17-27(36)12-14-29(24)35)22-44-32-15-11-25(18-30(32)39)34(41)38-45/h5,9,11-12,14-15,17-18,23,26,28,31,45H,4,6-8,10,13,16,19-22H2,1-3H3,(H2,37,38,40,41,42)/b9-5+/t23-,26-,28+,31-,35-/m0/s1. The highest BCUT2D eigenvalue weighted by Crippen LogP contribution is 2.47. The third-order valence-corrected chi connectivity index (χ3v) is 12.8. The minimum absolute atomic E-state index is 0.0179. The first-order valence-corrected chi connectivity index (χ1v) is 18.6. The Balaban J connectivity index is 1.41. The van der Waals surface area contributed by atoms with Crippen LogP contribution in [0.15, 0.2) is 48.6 Å². The molecule has 45 heavy (non-hydrogen) atoms. The molecular formula is C35H46ClN3O5S. The Morgan fingerprint density at radius 2 is 2.09 bits per heavy atom. The van der Waals surface area contributed by atoms with Gasteiger partial charge < -0.3 is 14.4 Å². The molecule has 0 aromatic heterocycles. The van der Waals surface area contributed by atoms with E-state index in [2.05, 4.69) is 38.6 Å². The predicted octanol–water partition coefficient (Wildman–Crippen LogP) is 5.55. The largest absolute Gasteiger partial charge is 0.490 e. The van der Waals surface area contributed by atoms with Crippen LogP contribution in [0, 0.1) is 17.8 Å². The van der Waals surface area contributed by atoms with Crippen molar-refractivity contribution in [3.63, 3.8) is 0 Å². The van der Waals surface area contributed by atoms with E-state index in [0.29, 0.717) is 30.4 Å². The van der Waals surface area contributed by atoms with Crippen molar-refractivity contribution in [1.29, 1.82) is 0 Å². The normalized spacial score (nSPS) is 30.8. The van der Waals surface area contributed by atoms with Crippen molar-refractivity contribution in [2.24, 2.45) is 17.8 Å². The first-order chi connectivity index (χ1) is 21.6. The molecule has 6 rings (SSSR count). The van der Waals surface area contributed by atoms with Gasteiger partial charge in [-0.15, -0.1) is 0 Å². The number of allylic oxidation sites excluding steroid dienone is 1. The number of nitrogens with one attached hydrogen (secondary N) is 2. The van der Waals surface area contributed by atoms with Crippen molar-refractivity contribution in [2.75, 3.05) is 37.5 Å². The molecule has 1 fully saturated rings. The average molecular weight is 656 g/mol. The quantitative estimate of drug-likeness (QED) is 0.296. The summed E-state index contributed by atoms with van der Waals surface area (Å²) in [5, 5.41) is 0.752. The van der Waals surface area contributed by atoms with E-state index in [1.54, 1.807) is 20.1 Å². The predicted molar refractivity (Wildman–Crippen MR) is 180 cm³/mol. The van der Waals surface area contributed by atoms with E-state index >= 15 is 0 Å². The van der Waals surface area contributed by atoms with Gasteiger partial charge in [0.25, 0.3) is 5.91 Å². The highest BCUT2D eigenvalue weighted by atomic mass is 35.5. The molecule has 2 aromatic rings. The number of hydrogen-bond acceptors (Lipinski definition) is 6. The number of fused-ring (bicyclic) bond motifs is 4. The Kier molecular flexibility index (Phi) is 9.33. The molecule has 2 amide bonds. The summed E-state index contributed by atoms with van der Waals surface area (Å²) < 4.78 is 32.1. The SMILES string of the molecule is CCC(=O)N[SH]1(=O)C[C@@H](C)C/C=C/[C@H](OC)[C@@H]2CC[C@H]2CN2C[C@@]3(CCCc4cc(Cl)ccc43)COc3ccc(cc32)C(=O)N1. The fourth-order valence-electron chi connectivity index (χ4n) is 7.78. The minimum atomic E-state index is -3.58. The smallest absolute Gasteiger partial charge is 0.262 e. The van der Waals surface area contributed by atoms with Gasteiger partial charge in [-0.2, -0.15) is 0 Å². The molecule has 2 aromatic carbocycles. The number of hydrogen-bond donors (Lipinski definition) is 3. The Bertz CT molecular complexity index is 1530. The summed E-state index contributed by atoms with van der Waals surface area (Å²) in [6.07, 6.45) is 10.3. The third kappa shape index (κ3) is 6.67. The van der Waals surface area contributed by atoms with Gasteiger partial charge >= 0.3 is 0 Å². The number of amides is 2. The van der Waals surface area contributed by atoms with Crippen LogP contribution in [0.25, 0.3) is 0 Å². The van der Waals surface area contributed by atoms with Crippen LogP contribution in [0.3, 0.4) is 0 Å². The third-order valence-electron chi connectivity index (χ3n) is 10.3. The van der Waals surface area contributed by atoms with Gasteiger partial charge in [-0.05, 0) is 97.7 Å². The molecule has 2 N–H and O–H groups in total. The van der Waals surface area contributed by atoms with Crippen molar-refractivity contribution < 1.29 is 23.3 Å². The zero-order chi connectivity index (χ0) is 31.8. The first kappa shape index (κ1) is 32.1. The lowest BCUT2D eigenvalue weighted by atomic mass is 9.68. The van der Waals surface area contributed by atoms with Crippen molar-refractivity contribution in [2.45, 2.75) is 70.3 Å². The highest BCUT2D eigenvalue weighted by Gasteiger charge is 2.44. The second-order valence-corrected chi connectivity index (χ2v) is 16.2. The second-order valence-electron chi connectivity index (χ2n) is 13.5. The second kappa shape index (κ2) is 13.1. The maximum atomic E-state index is 14.1. The monoisotopic (exact) mass is 655 g/mol. The molecule has 10 heteroatoms. The average Bonchev–Trinajstić information content (AvgIpc) is 3.14. The van der Waals surface area contributed by atoms with Crippen LogP contribution in [0.5, 0.6) is 5.75 Å². The van der Waals surface area contributed by atoms with Crippen LogP contribution >= 0.6 is 11.6 Å². The van der Waals surface area contributed by atoms with Gasteiger partial charge in [0.15, 0.2) is 0 Å². The van der Waals surface area contributed by atoms with Crippen molar-refractivity contribution in [1.82, 2.24) is 9.44 Å². The Hall–Kier alpha value is -2.88. The van der Waals surface area contributed by atoms with Crippen LogP contribution in [0.2, 0.25) is 5.02 Å². The molecular weight excluding hydrogens is 610 g/mol. The number of benzene rings is 2. The fourth-order valence-corrected chi connectivity index (χ4v) is 10.3. The van der Waals surface area contributed by atoms with Gasteiger partial charge in [0, 0.05) is 58.7 Å². The molecule has 0 saturated heterocycles. The van der Waals surface area contributed by atoms with Crippen LogP contribution in [-0.4, -0.2) is 54.7 Å². The lowest BCUT2D eigenvalue weighted by Crippen LogP contribution is -2.52. The van der Waals surface area contributed by atoms with Gasteiger partial charge in [-0.1, -0.05) is 43.7 Å². The Morgan fingerprint density at radius 3 is 2.84 bits per heavy atom. The van der Waals surface area contributed by atoms with E-state index in [0.717, 1.165) is 61.7 Å². The molecule has 4 aliphatic rings. The summed E-state index contributed by atoms with van der Waals surface area (Å²) in [4.78, 5) is 28.6. The molecule has 2 heterocycles. The molecule has 5 atom stereocenters. The Labute approximate surface area is 272 Å². The first-order valence-electron chi connectivity index (χ1n) is 16.3. The molecule has 1 saturated carbocycles. The lowest BCUT2D eigenvalue weighted by molar-refractivity contribution is -0.119. The number of methoxy groups -OCH3 is 1. The number of carbonyl (C=O) groups excluding carboxylic acids is 2. The number of nitrogens with zero attached hydrogens (tertiary/aromatic N) is 1. The fraction of sp³-hybridized carbons (Fsp3) is 0.543. The van der Waals surface area contributed by atoms with Crippen LogP contribution in [0.1, 0.15) is 73.9 Å². The van der Waals surface area contributed by atoms with Gasteiger partial charge in [-0.3, -0.25) is 19.0 Å². The van der Waals surface area contributed by atoms with E-state index in [1.807, 2.05) is 25.1 Å². The minimum Gasteiger partial charge on any atom is -0.490 e. The summed E-state index contributed by atoms with van der Waals surface area (Å²) in [5.74, 6) is 0.829. The van der Waals surface area contributed by atoms with E-state index in [9.17, 15) is 13.8 Å². The summed E-state index contributed by atoms with van der Waals surface area (Å²) in [6.45, 7) is 5.79. The molecule has 244 valence electrons. The zero-order valence-electron chi connectivity index (χ0n) is 26.5. The topological polar surface area (TPSA) is 97.0 Å². The van der Waals surface area contributed by atoms with Crippen LogP contribution < -0.4 is 19.1 Å². The number of carbonyl (C=O) groups is 2. The number of thiol groups is 1. The maximum absolute atomic E-state index is 14.1. The molecule has 1 spiro atoms. The van der Waals surface area contributed by atoms with E-state index in [1.165, 1.54) is 11.1 Å². The van der Waals surface area contributed by atoms with Crippen LogP contribution in [0.4, 0.5) is 5.69 Å². The molecule has 8 nitrogen and oxygen atoms in total. The van der Waals surface area contributed by atoms with E-state index < -0.39 is 16.2 Å². The van der Waals surface area contributed by atoms with Crippen LogP contribution in [-0.2, 0) is 31.7 Å². The van der Waals surface area contributed by atoms with Gasteiger partial charge in [-0.25, -0.2) is 4.21 Å². The van der Waals surface area contributed by atoms with Crippen molar-refractivity contribution >= 4 is 39.4 Å². The number of rotatable bonds is 3. The van der Waals surface area contributed by atoms with E-state index in [-0.39, 0.29) is 35.5 Å². The summed E-state index contributed by atoms with van der Waals surface area (Å²) in [6, 6.07) is 11.7. The maximum Gasteiger partial charge on any atom is 0.262 e. The van der Waals surface area contributed by atoms with Gasteiger partial charge in [0.1, 0.15) is 5.75 Å². The van der Waals surface area contributed by atoms with Gasteiger partial charge in [0.05, 0.1) is 18.4 Å². The lowest BCUT2D eigenvalue weighted by Gasteiger charge is -2.46. The molecule has 0 unspecified atom stereocenters. The van der Waals surface area contributed by atoms with E-state index in [4.69, 9.17) is 21.1 Å². The van der Waals surface area contributed by atoms with Crippen molar-refractivity contribution in [3.8, 4) is 5.75 Å². The zero-order valence-corrected chi connectivity index (χ0v) is 28.2. The van der Waals surface area contributed by atoms with Gasteiger partial charge in [0.2, 0.25) is 5.91 Å².